The standard InChI is InChI=1S/C7H7ClNO5P/c8-4-1-2-6(14-15(11,12)13)5(3-4)7(9)10/h1-3H,(H2,9,10)(H2,11,12,13)/p-1. The van der Waals surface area contributed by atoms with Crippen molar-refractivity contribution in [2.75, 3.05) is 0 Å². The van der Waals surface area contributed by atoms with Crippen LogP contribution in [0.25, 0.3) is 0 Å². The summed E-state index contributed by atoms with van der Waals surface area (Å²) in [7, 11) is -4.97. The zero-order valence-electron chi connectivity index (χ0n) is 7.21. The van der Waals surface area contributed by atoms with Crippen molar-refractivity contribution in [1.82, 2.24) is 0 Å². The molecule has 0 aliphatic heterocycles. The van der Waals surface area contributed by atoms with Crippen LogP contribution in [0.1, 0.15) is 10.4 Å². The number of primary amides is 1. The Morgan fingerprint density at radius 2 is 2.20 bits per heavy atom. The van der Waals surface area contributed by atoms with Crippen molar-refractivity contribution in [2.24, 2.45) is 5.73 Å². The van der Waals surface area contributed by atoms with Gasteiger partial charge in [-0.05, 0) is 18.2 Å². The third kappa shape index (κ3) is 3.53. The predicted octanol–water partition coefficient (Wildman–Crippen LogP) is 0.278. The normalized spacial score (nSPS) is 14.3. The molecule has 1 atom stereocenters. The van der Waals surface area contributed by atoms with Gasteiger partial charge in [0.25, 0.3) is 5.91 Å². The summed E-state index contributed by atoms with van der Waals surface area (Å²) in [6.07, 6.45) is 0. The SMILES string of the molecule is NC(=O)c1cc(Cl)ccc1OP(=O)([O-])O. The summed E-state index contributed by atoms with van der Waals surface area (Å²) in [4.78, 5) is 29.7. The third-order valence-electron chi connectivity index (χ3n) is 1.42. The molecule has 0 heterocycles. The fraction of sp³-hybridized carbons (Fsp3) is 0. The number of rotatable bonds is 3. The van der Waals surface area contributed by atoms with E-state index in [-0.39, 0.29) is 16.3 Å². The summed E-state index contributed by atoms with van der Waals surface area (Å²) < 4.78 is 14.6. The fourth-order valence-electron chi connectivity index (χ4n) is 0.899. The van der Waals surface area contributed by atoms with Crippen LogP contribution in [0.2, 0.25) is 5.02 Å². The first-order valence-corrected chi connectivity index (χ1v) is 5.50. The number of halogens is 1. The summed E-state index contributed by atoms with van der Waals surface area (Å²) >= 11 is 5.56. The second-order valence-electron chi connectivity index (χ2n) is 2.56. The lowest BCUT2D eigenvalue weighted by Gasteiger charge is -2.18. The number of phosphoric ester groups is 1. The Balaban J connectivity index is 3.18. The van der Waals surface area contributed by atoms with Gasteiger partial charge in [0.05, 0.1) is 5.56 Å². The van der Waals surface area contributed by atoms with E-state index in [4.69, 9.17) is 22.2 Å². The zero-order chi connectivity index (χ0) is 11.6. The van der Waals surface area contributed by atoms with Gasteiger partial charge in [0.2, 0.25) is 0 Å². The lowest BCUT2D eigenvalue weighted by molar-refractivity contribution is -0.211. The number of hydrogen-bond acceptors (Lipinski definition) is 4. The molecule has 1 aromatic carbocycles. The molecule has 3 N–H and O–H groups in total. The Labute approximate surface area is 89.9 Å². The molecule has 8 heteroatoms. The zero-order valence-corrected chi connectivity index (χ0v) is 8.87. The molecule has 0 aromatic heterocycles. The van der Waals surface area contributed by atoms with Gasteiger partial charge in [-0.1, -0.05) is 11.6 Å². The van der Waals surface area contributed by atoms with Gasteiger partial charge >= 0.3 is 7.82 Å². The molecule has 6 nitrogen and oxygen atoms in total. The van der Waals surface area contributed by atoms with Crippen molar-refractivity contribution in [3.8, 4) is 5.75 Å². The molecule has 1 unspecified atom stereocenters. The number of hydrogen-bond donors (Lipinski definition) is 2. The Hall–Kier alpha value is -1.07. The number of benzene rings is 1. The average Bonchev–Trinajstić information content (AvgIpc) is 2.05. The van der Waals surface area contributed by atoms with Gasteiger partial charge in [-0.3, -0.25) is 9.36 Å². The van der Waals surface area contributed by atoms with Crippen LogP contribution in [0.4, 0.5) is 0 Å². The lowest BCUT2D eigenvalue weighted by atomic mass is 10.2. The monoisotopic (exact) mass is 250 g/mol. The van der Waals surface area contributed by atoms with Gasteiger partial charge in [0.1, 0.15) is 5.75 Å². The summed E-state index contributed by atoms with van der Waals surface area (Å²) in [5.74, 6) is -1.28. The van der Waals surface area contributed by atoms with E-state index in [2.05, 4.69) is 4.52 Å². The molecule has 0 saturated heterocycles. The number of carbonyl (C=O) groups is 1. The first kappa shape index (κ1) is 12.0. The molecule has 0 aliphatic carbocycles. The van der Waals surface area contributed by atoms with E-state index in [9.17, 15) is 14.3 Å². The molecule has 0 aliphatic rings. The van der Waals surface area contributed by atoms with Gasteiger partial charge in [-0.15, -0.1) is 0 Å². The van der Waals surface area contributed by atoms with Gasteiger partial charge in [0.15, 0.2) is 0 Å². The minimum atomic E-state index is -4.97. The van der Waals surface area contributed by atoms with E-state index < -0.39 is 13.7 Å². The molecule has 1 rings (SSSR count). The molecule has 0 fully saturated rings. The van der Waals surface area contributed by atoms with Gasteiger partial charge in [-0.2, -0.15) is 0 Å². The molecule has 0 spiro atoms. The number of nitrogens with two attached hydrogens (primary N) is 1. The highest BCUT2D eigenvalue weighted by molar-refractivity contribution is 7.45. The average molecular weight is 251 g/mol. The van der Waals surface area contributed by atoms with E-state index in [1.807, 2.05) is 0 Å². The van der Waals surface area contributed by atoms with Gasteiger partial charge in [-0.25, -0.2) is 0 Å². The molecule has 1 aromatic rings. The molecular formula is C7H6ClNO5P-. The summed E-state index contributed by atoms with van der Waals surface area (Å²) in [5, 5.41) is 0.190. The quantitative estimate of drug-likeness (QED) is 0.748. The number of phosphoric acid groups is 1. The van der Waals surface area contributed by atoms with Crippen molar-refractivity contribution >= 4 is 25.3 Å². The van der Waals surface area contributed by atoms with Crippen LogP contribution in [0.5, 0.6) is 5.75 Å². The molecule has 0 radical (unpaired) electrons. The van der Waals surface area contributed by atoms with E-state index in [0.717, 1.165) is 12.1 Å². The maximum Gasteiger partial charge on any atom is 0.317 e. The topological polar surface area (TPSA) is 113 Å². The number of amides is 1. The first-order valence-electron chi connectivity index (χ1n) is 3.62. The fourth-order valence-corrected chi connectivity index (χ4v) is 1.48. The van der Waals surface area contributed by atoms with E-state index >= 15 is 0 Å². The van der Waals surface area contributed by atoms with Crippen LogP contribution in [0, 0.1) is 0 Å². The molecular weight excluding hydrogens is 245 g/mol. The summed E-state index contributed by atoms with van der Waals surface area (Å²) in [6.45, 7) is 0. The second kappa shape index (κ2) is 4.20. The Morgan fingerprint density at radius 3 is 2.67 bits per heavy atom. The van der Waals surface area contributed by atoms with Crippen molar-refractivity contribution in [2.45, 2.75) is 0 Å². The first-order chi connectivity index (χ1) is 6.79. The van der Waals surface area contributed by atoms with Crippen LogP contribution in [-0.4, -0.2) is 10.8 Å². The smallest absolute Gasteiger partial charge is 0.317 e. The molecule has 0 saturated carbocycles. The van der Waals surface area contributed by atoms with Crippen LogP contribution in [0.3, 0.4) is 0 Å². The summed E-state index contributed by atoms with van der Waals surface area (Å²) in [5.41, 5.74) is 4.72. The van der Waals surface area contributed by atoms with Crippen LogP contribution >= 0.6 is 19.4 Å². The minimum absolute atomic E-state index is 0.190. The maximum absolute atomic E-state index is 10.9. The van der Waals surface area contributed by atoms with Crippen molar-refractivity contribution in [1.29, 1.82) is 0 Å². The van der Waals surface area contributed by atoms with Crippen LogP contribution in [0.15, 0.2) is 18.2 Å². The lowest BCUT2D eigenvalue weighted by Crippen LogP contribution is -2.14. The van der Waals surface area contributed by atoms with Crippen LogP contribution < -0.4 is 15.2 Å². The Bertz CT molecular complexity index is 443. The van der Waals surface area contributed by atoms with Gasteiger partial charge < -0.3 is 20.0 Å². The molecule has 82 valence electrons. The van der Waals surface area contributed by atoms with Crippen molar-refractivity contribution in [3.63, 3.8) is 0 Å². The van der Waals surface area contributed by atoms with Crippen LogP contribution in [-0.2, 0) is 4.57 Å². The number of carbonyl (C=O) groups excluding carboxylic acids is 1. The highest BCUT2D eigenvalue weighted by atomic mass is 35.5. The largest absolute Gasteiger partial charge is 0.746 e. The van der Waals surface area contributed by atoms with Crippen molar-refractivity contribution < 1.29 is 23.7 Å². The second-order valence-corrected chi connectivity index (χ2v) is 4.12. The third-order valence-corrected chi connectivity index (χ3v) is 2.08. The molecule has 15 heavy (non-hydrogen) atoms. The molecule has 1 amide bonds. The Kier molecular flexibility index (Phi) is 3.36. The highest BCUT2D eigenvalue weighted by Gasteiger charge is 2.14. The van der Waals surface area contributed by atoms with E-state index in [1.165, 1.54) is 6.07 Å². The van der Waals surface area contributed by atoms with E-state index in [1.54, 1.807) is 0 Å². The predicted molar refractivity (Wildman–Crippen MR) is 50.4 cm³/mol. The summed E-state index contributed by atoms with van der Waals surface area (Å²) in [6, 6.07) is 3.54. The van der Waals surface area contributed by atoms with Gasteiger partial charge in [0, 0.05) is 5.02 Å². The minimum Gasteiger partial charge on any atom is -0.746 e. The van der Waals surface area contributed by atoms with E-state index in [0.29, 0.717) is 0 Å². The highest BCUT2D eigenvalue weighted by Crippen LogP contribution is 2.35. The maximum atomic E-state index is 10.9. The molecule has 0 bridgehead atoms. The van der Waals surface area contributed by atoms with Crippen molar-refractivity contribution in [3.05, 3.63) is 28.8 Å². The Morgan fingerprint density at radius 1 is 1.60 bits per heavy atom.